The van der Waals surface area contributed by atoms with Crippen LogP contribution in [0.2, 0.25) is 20.1 Å². The molecular weight excluding hydrogens is 354 g/mol. The van der Waals surface area contributed by atoms with E-state index in [1.165, 1.54) is 12.1 Å². The van der Waals surface area contributed by atoms with Crippen molar-refractivity contribution in [2.45, 2.75) is 0 Å². The smallest absolute Gasteiger partial charge is 0.232 e. The van der Waals surface area contributed by atoms with Gasteiger partial charge in [0.1, 0.15) is 0 Å². The molecule has 3 rings (SSSR count). The zero-order chi connectivity index (χ0) is 15.1. The van der Waals surface area contributed by atoms with Gasteiger partial charge in [-0.1, -0.05) is 52.5 Å². The van der Waals surface area contributed by atoms with E-state index in [9.17, 15) is 4.79 Å². The molecule has 1 aliphatic rings. The van der Waals surface area contributed by atoms with Gasteiger partial charge in [-0.2, -0.15) is 0 Å². The summed E-state index contributed by atoms with van der Waals surface area (Å²) in [5.74, 6) is 0.154. The van der Waals surface area contributed by atoms with E-state index in [0.717, 1.165) is 0 Å². The van der Waals surface area contributed by atoms with Crippen LogP contribution in [0.1, 0.15) is 15.9 Å². The Bertz CT molecular complexity index is 797. The Balaban J connectivity index is 2.05. The van der Waals surface area contributed by atoms with Crippen molar-refractivity contribution < 1.29 is 9.53 Å². The Hall–Kier alpha value is -1.19. The average Bonchev–Trinajstić information content (AvgIpc) is 2.71. The van der Waals surface area contributed by atoms with E-state index in [1.54, 1.807) is 24.3 Å². The molecule has 0 aromatic heterocycles. The minimum Gasteiger partial charge on any atom is -0.451 e. The maximum absolute atomic E-state index is 12.3. The summed E-state index contributed by atoms with van der Waals surface area (Å²) in [6.45, 7) is 0. The molecule has 1 aliphatic heterocycles. The molecule has 0 saturated heterocycles. The summed E-state index contributed by atoms with van der Waals surface area (Å²) in [4.78, 5) is 12.3. The molecule has 0 saturated carbocycles. The summed E-state index contributed by atoms with van der Waals surface area (Å²) in [5, 5.41) is 1.60. The Morgan fingerprint density at radius 3 is 2.33 bits per heavy atom. The number of carbonyl (C=O) groups is 1. The first-order valence-corrected chi connectivity index (χ1v) is 7.35. The molecule has 6 heteroatoms. The van der Waals surface area contributed by atoms with Crippen molar-refractivity contribution in [3.63, 3.8) is 0 Å². The van der Waals surface area contributed by atoms with Gasteiger partial charge >= 0.3 is 0 Å². The molecule has 21 heavy (non-hydrogen) atoms. The molecule has 0 fully saturated rings. The standard InChI is InChI=1S/C15H6Cl4O2/c16-8-2-1-7(11(18)5-8)3-13-14(20)10-4-9(17)6-12(19)15(10)21-13/h1-6H/b13-3-. The van der Waals surface area contributed by atoms with Crippen LogP contribution >= 0.6 is 46.4 Å². The fourth-order valence-electron chi connectivity index (χ4n) is 1.98. The van der Waals surface area contributed by atoms with E-state index < -0.39 is 0 Å². The van der Waals surface area contributed by atoms with E-state index in [4.69, 9.17) is 51.1 Å². The molecule has 106 valence electrons. The number of fused-ring (bicyclic) bond motifs is 1. The minimum atomic E-state index is -0.291. The van der Waals surface area contributed by atoms with E-state index in [-0.39, 0.29) is 16.6 Å². The first-order valence-electron chi connectivity index (χ1n) is 5.84. The van der Waals surface area contributed by atoms with Gasteiger partial charge < -0.3 is 4.74 Å². The predicted molar refractivity (Wildman–Crippen MR) is 85.9 cm³/mol. The minimum absolute atomic E-state index is 0.137. The number of allylic oxidation sites excluding steroid dienone is 1. The van der Waals surface area contributed by atoms with Crippen LogP contribution in [-0.2, 0) is 0 Å². The van der Waals surface area contributed by atoms with Gasteiger partial charge in [-0.15, -0.1) is 0 Å². The van der Waals surface area contributed by atoms with Crippen molar-refractivity contribution in [3.05, 3.63) is 67.3 Å². The number of hydrogen-bond acceptors (Lipinski definition) is 2. The molecular formula is C15H6Cl4O2. The van der Waals surface area contributed by atoms with Gasteiger partial charge in [-0.05, 0) is 35.9 Å². The van der Waals surface area contributed by atoms with Crippen LogP contribution in [0.25, 0.3) is 6.08 Å². The zero-order valence-corrected chi connectivity index (χ0v) is 13.3. The summed E-state index contributed by atoms with van der Waals surface area (Å²) in [6, 6.07) is 8.01. The van der Waals surface area contributed by atoms with Crippen LogP contribution < -0.4 is 4.74 Å². The van der Waals surface area contributed by atoms with Crippen molar-refractivity contribution in [3.8, 4) is 5.75 Å². The normalized spacial score (nSPS) is 15.2. The SMILES string of the molecule is O=C1/C(=C/c2ccc(Cl)cc2Cl)Oc2c(Cl)cc(Cl)cc21. The molecule has 0 atom stereocenters. The fraction of sp³-hybridized carbons (Fsp3) is 0. The number of halogens is 4. The first-order chi connectivity index (χ1) is 9.95. The lowest BCUT2D eigenvalue weighted by molar-refractivity contribution is 0.101. The molecule has 0 bridgehead atoms. The molecule has 0 unspecified atom stereocenters. The molecule has 0 aliphatic carbocycles. The lowest BCUT2D eigenvalue weighted by Crippen LogP contribution is -1.98. The van der Waals surface area contributed by atoms with Crippen LogP contribution in [0.4, 0.5) is 0 Å². The van der Waals surface area contributed by atoms with Crippen molar-refractivity contribution >= 4 is 58.3 Å². The quantitative estimate of drug-likeness (QED) is 0.591. The number of rotatable bonds is 1. The van der Waals surface area contributed by atoms with Crippen LogP contribution in [0.15, 0.2) is 36.1 Å². The van der Waals surface area contributed by atoms with E-state index in [1.807, 2.05) is 0 Å². The summed E-state index contributed by atoms with van der Waals surface area (Å²) in [6.07, 6.45) is 1.55. The third kappa shape index (κ3) is 2.77. The number of Topliss-reactive ketones (excluding diaryl/α,β-unsaturated/α-hetero) is 1. The van der Waals surface area contributed by atoms with E-state index >= 15 is 0 Å². The molecule has 0 spiro atoms. The highest BCUT2D eigenvalue weighted by Crippen LogP contribution is 2.40. The Morgan fingerprint density at radius 1 is 0.905 bits per heavy atom. The molecule has 0 radical (unpaired) electrons. The van der Waals surface area contributed by atoms with Gasteiger partial charge in [0, 0.05) is 15.1 Å². The van der Waals surface area contributed by atoms with Crippen LogP contribution in [0, 0.1) is 0 Å². The molecule has 2 aromatic carbocycles. The number of ketones is 1. The number of ether oxygens (including phenoxy) is 1. The Labute approximate surface area is 140 Å². The van der Waals surface area contributed by atoms with Gasteiger partial charge in [0.2, 0.25) is 5.78 Å². The van der Waals surface area contributed by atoms with E-state index in [2.05, 4.69) is 0 Å². The Morgan fingerprint density at radius 2 is 1.62 bits per heavy atom. The number of hydrogen-bond donors (Lipinski definition) is 0. The van der Waals surface area contributed by atoms with Gasteiger partial charge in [0.05, 0.1) is 10.6 Å². The Kier molecular flexibility index (Phi) is 3.89. The maximum atomic E-state index is 12.3. The highest BCUT2D eigenvalue weighted by molar-refractivity contribution is 6.37. The monoisotopic (exact) mass is 358 g/mol. The highest BCUT2D eigenvalue weighted by atomic mass is 35.5. The average molecular weight is 360 g/mol. The van der Waals surface area contributed by atoms with Crippen molar-refractivity contribution in [2.24, 2.45) is 0 Å². The van der Waals surface area contributed by atoms with Gasteiger partial charge in [0.15, 0.2) is 11.5 Å². The van der Waals surface area contributed by atoms with Crippen LogP contribution in [-0.4, -0.2) is 5.78 Å². The van der Waals surface area contributed by atoms with Gasteiger partial charge in [-0.25, -0.2) is 0 Å². The molecule has 2 nitrogen and oxygen atoms in total. The second kappa shape index (κ2) is 5.54. The fourth-order valence-corrected chi connectivity index (χ4v) is 2.97. The maximum Gasteiger partial charge on any atom is 0.232 e. The van der Waals surface area contributed by atoms with Crippen molar-refractivity contribution in [1.29, 1.82) is 0 Å². The molecule has 0 amide bonds. The van der Waals surface area contributed by atoms with Crippen molar-refractivity contribution in [2.75, 3.05) is 0 Å². The zero-order valence-electron chi connectivity index (χ0n) is 10.3. The van der Waals surface area contributed by atoms with Crippen molar-refractivity contribution in [1.82, 2.24) is 0 Å². The first kappa shape index (κ1) is 14.7. The predicted octanol–water partition coefficient (Wildman–Crippen LogP) is 5.92. The summed E-state index contributed by atoms with van der Waals surface area (Å²) >= 11 is 23.8. The highest BCUT2D eigenvalue weighted by Gasteiger charge is 2.30. The summed E-state index contributed by atoms with van der Waals surface area (Å²) < 4.78 is 5.52. The number of benzene rings is 2. The van der Waals surface area contributed by atoms with Crippen LogP contribution in [0.3, 0.4) is 0 Å². The summed E-state index contributed by atoms with van der Waals surface area (Å²) in [7, 11) is 0. The largest absolute Gasteiger partial charge is 0.451 e. The lowest BCUT2D eigenvalue weighted by Gasteiger charge is -2.02. The second-order valence-corrected chi connectivity index (χ2v) is 6.06. The number of carbonyl (C=O) groups excluding carboxylic acids is 1. The third-order valence-electron chi connectivity index (χ3n) is 2.94. The molecule has 2 aromatic rings. The van der Waals surface area contributed by atoms with Gasteiger partial charge in [0.25, 0.3) is 0 Å². The van der Waals surface area contributed by atoms with E-state index in [0.29, 0.717) is 31.9 Å². The topological polar surface area (TPSA) is 26.3 Å². The second-order valence-electron chi connectivity index (χ2n) is 4.37. The molecule has 1 heterocycles. The van der Waals surface area contributed by atoms with Crippen LogP contribution in [0.5, 0.6) is 5.75 Å². The third-order valence-corrected chi connectivity index (χ3v) is 4.00. The summed E-state index contributed by atoms with van der Waals surface area (Å²) in [5.41, 5.74) is 0.961. The van der Waals surface area contributed by atoms with Gasteiger partial charge in [-0.3, -0.25) is 4.79 Å². The lowest BCUT2D eigenvalue weighted by atomic mass is 10.1. The molecule has 0 N–H and O–H groups in total.